The Morgan fingerprint density at radius 2 is 1.88 bits per heavy atom. The lowest BCUT2D eigenvalue weighted by molar-refractivity contribution is 0.318. The Labute approximate surface area is 149 Å². The first-order valence-corrected chi connectivity index (χ1v) is 9.36. The standard InChI is InChI=1S/C19H28N6/c1-14(2)18-8-19(21-13-20-18)25-11-15-9-24(10-16(15)12-25)7-5-17-4-6-22-23(17)3/h4,6,8,13-16H,5,7,9-12H2,1-3H3. The molecule has 0 N–H and O–H groups in total. The molecule has 2 aliphatic heterocycles. The SMILES string of the molecule is CC(C)c1cc(N2CC3CN(CCc4ccnn4C)CC3C2)ncn1. The van der Waals surface area contributed by atoms with Crippen molar-refractivity contribution >= 4 is 5.82 Å². The van der Waals surface area contributed by atoms with Crippen molar-refractivity contribution in [2.45, 2.75) is 26.2 Å². The van der Waals surface area contributed by atoms with E-state index in [2.05, 4.69) is 50.8 Å². The van der Waals surface area contributed by atoms with Crippen LogP contribution in [0.4, 0.5) is 5.82 Å². The van der Waals surface area contributed by atoms with Crippen LogP contribution in [0.15, 0.2) is 24.7 Å². The third-order valence-corrected chi connectivity index (χ3v) is 5.76. The predicted molar refractivity (Wildman–Crippen MR) is 98.7 cm³/mol. The van der Waals surface area contributed by atoms with Crippen LogP contribution < -0.4 is 4.90 Å². The van der Waals surface area contributed by atoms with Crippen LogP contribution in [0.1, 0.15) is 31.2 Å². The van der Waals surface area contributed by atoms with Gasteiger partial charge in [-0.25, -0.2) is 9.97 Å². The summed E-state index contributed by atoms with van der Waals surface area (Å²) in [5.41, 5.74) is 2.46. The molecule has 0 saturated carbocycles. The van der Waals surface area contributed by atoms with Crippen LogP contribution in [0.2, 0.25) is 0 Å². The number of fused-ring (bicyclic) bond motifs is 1. The molecule has 2 aromatic rings. The van der Waals surface area contributed by atoms with Gasteiger partial charge in [0, 0.05) is 69.8 Å². The van der Waals surface area contributed by atoms with Crippen molar-refractivity contribution in [1.82, 2.24) is 24.6 Å². The number of aryl methyl sites for hydroxylation is 1. The van der Waals surface area contributed by atoms with Gasteiger partial charge < -0.3 is 9.80 Å². The Balaban J connectivity index is 1.33. The molecule has 2 unspecified atom stereocenters. The van der Waals surface area contributed by atoms with Crippen LogP contribution in [0.25, 0.3) is 0 Å². The zero-order chi connectivity index (χ0) is 17.4. The maximum Gasteiger partial charge on any atom is 0.132 e. The van der Waals surface area contributed by atoms with E-state index in [1.165, 1.54) is 18.8 Å². The largest absolute Gasteiger partial charge is 0.356 e. The quantitative estimate of drug-likeness (QED) is 0.833. The molecule has 134 valence electrons. The molecular formula is C19H28N6. The number of nitrogens with zero attached hydrogens (tertiary/aromatic N) is 6. The smallest absolute Gasteiger partial charge is 0.132 e. The lowest BCUT2D eigenvalue weighted by atomic mass is 10.0. The van der Waals surface area contributed by atoms with Crippen LogP contribution in [-0.2, 0) is 13.5 Å². The molecule has 0 aliphatic carbocycles. The maximum absolute atomic E-state index is 4.52. The Morgan fingerprint density at radius 3 is 2.52 bits per heavy atom. The van der Waals surface area contributed by atoms with Crippen molar-refractivity contribution in [3.63, 3.8) is 0 Å². The third kappa shape index (κ3) is 3.40. The minimum atomic E-state index is 0.450. The second kappa shape index (κ2) is 6.75. The van der Waals surface area contributed by atoms with Gasteiger partial charge in [-0.2, -0.15) is 5.10 Å². The zero-order valence-corrected chi connectivity index (χ0v) is 15.5. The normalized spacial score (nSPS) is 23.6. The fourth-order valence-corrected chi connectivity index (χ4v) is 4.23. The Kier molecular flexibility index (Phi) is 4.46. The van der Waals surface area contributed by atoms with Crippen LogP contribution in [0.3, 0.4) is 0 Å². The fraction of sp³-hybridized carbons (Fsp3) is 0.632. The Hall–Kier alpha value is -1.95. The van der Waals surface area contributed by atoms with Crippen molar-refractivity contribution in [3.05, 3.63) is 36.0 Å². The summed E-state index contributed by atoms with van der Waals surface area (Å²) < 4.78 is 1.99. The average Bonchev–Trinajstić information content (AvgIpc) is 3.27. The van der Waals surface area contributed by atoms with Gasteiger partial charge in [0.05, 0.1) is 0 Å². The van der Waals surface area contributed by atoms with Gasteiger partial charge in [0.25, 0.3) is 0 Å². The topological polar surface area (TPSA) is 50.1 Å². The summed E-state index contributed by atoms with van der Waals surface area (Å²) in [6.45, 7) is 10.2. The van der Waals surface area contributed by atoms with E-state index in [1.54, 1.807) is 6.33 Å². The van der Waals surface area contributed by atoms with Crippen molar-refractivity contribution in [2.24, 2.45) is 18.9 Å². The van der Waals surface area contributed by atoms with Gasteiger partial charge in [-0.15, -0.1) is 0 Å². The lowest BCUT2D eigenvalue weighted by Crippen LogP contribution is -2.30. The molecule has 2 aromatic heterocycles. The first kappa shape index (κ1) is 16.5. The molecule has 6 heteroatoms. The summed E-state index contributed by atoms with van der Waals surface area (Å²) >= 11 is 0. The Bertz CT molecular complexity index is 710. The van der Waals surface area contributed by atoms with Gasteiger partial charge >= 0.3 is 0 Å². The number of rotatable bonds is 5. The highest BCUT2D eigenvalue weighted by atomic mass is 15.3. The van der Waals surface area contributed by atoms with Crippen molar-refractivity contribution in [3.8, 4) is 0 Å². The number of aromatic nitrogens is 4. The molecule has 2 fully saturated rings. The summed E-state index contributed by atoms with van der Waals surface area (Å²) in [4.78, 5) is 14.0. The molecular weight excluding hydrogens is 312 g/mol. The van der Waals surface area contributed by atoms with Crippen LogP contribution in [0, 0.1) is 11.8 Å². The summed E-state index contributed by atoms with van der Waals surface area (Å²) in [5, 5.41) is 4.26. The van der Waals surface area contributed by atoms with Gasteiger partial charge in [0.1, 0.15) is 12.1 Å². The first-order chi connectivity index (χ1) is 12.1. The van der Waals surface area contributed by atoms with Crippen LogP contribution in [0.5, 0.6) is 0 Å². The molecule has 0 spiro atoms. The maximum atomic E-state index is 4.52. The van der Waals surface area contributed by atoms with Gasteiger partial charge in [-0.05, 0) is 23.8 Å². The summed E-state index contributed by atoms with van der Waals surface area (Å²) in [5.74, 6) is 3.09. The van der Waals surface area contributed by atoms with Gasteiger partial charge in [-0.1, -0.05) is 13.8 Å². The first-order valence-electron chi connectivity index (χ1n) is 9.36. The van der Waals surface area contributed by atoms with Crippen molar-refractivity contribution in [1.29, 1.82) is 0 Å². The molecule has 0 amide bonds. The van der Waals surface area contributed by atoms with E-state index in [0.717, 1.165) is 49.4 Å². The van der Waals surface area contributed by atoms with Gasteiger partial charge in [0.2, 0.25) is 0 Å². The highest BCUT2D eigenvalue weighted by Gasteiger charge is 2.40. The molecule has 0 aromatic carbocycles. The number of hydrogen-bond acceptors (Lipinski definition) is 5. The number of likely N-dealkylation sites (tertiary alicyclic amines) is 1. The predicted octanol–water partition coefficient (Wildman–Crippen LogP) is 1.94. The second-order valence-corrected chi connectivity index (χ2v) is 7.84. The zero-order valence-electron chi connectivity index (χ0n) is 15.5. The Morgan fingerprint density at radius 1 is 1.12 bits per heavy atom. The van der Waals surface area contributed by atoms with Crippen molar-refractivity contribution in [2.75, 3.05) is 37.6 Å². The van der Waals surface area contributed by atoms with E-state index in [4.69, 9.17) is 0 Å². The van der Waals surface area contributed by atoms with E-state index in [1.807, 2.05) is 17.9 Å². The highest BCUT2D eigenvalue weighted by molar-refractivity contribution is 5.41. The third-order valence-electron chi connectivity index (χ3n) is 5.76. The van der Waals surface area contributed by atoms with Crippen LogP contribution >= 0.6 is 0 Å². The van der Waals surface area contributed by atoms with E-state index in [9.17, 15) is 0 Å². The minimum Gasteiger partial charge on any atom is -0.356 e. The molecule has 4 heterocycles. The molecule has 2 atom stereocenters. The molecule has 0 bridgehead atoms. The minimum absolute atomic E-state index is 0.450. The molecule has 6 nitrogen and oxygen atoms in total. The summed E-state index contributed by atoms with van der Waals surface area (Å²) in [6.07, 6.45) is 4.70. The fourth-order valence-electron chi connectivity index (χ4n) is 4.23. The molecule has 2 saturated heterocycles. The van der Waals surface area contributed by atoms with Gasteiger partial charge in [-0.3, -0.25) is 4.68 Å². The molecule has 4 rings (SSSR count). The van der Waals surface area contributed by atoms with E-state index >= 15 is 0 Å². The average molecular weight is 340 g/mol. The van der Waals surface area contributed by atoms with E-state index in [-0.39, 0.29) is 0 Å². The monoisotopic (exact) mass is 340 g/mol. The summed E-state index contributed by atoms with van der Waals surface area (Å²) in [6, 6.07) is 4.30. The second-order valence-electron chi connectivity index (χ2n) is 7.84. The molecule has 25 heavy (non-hydrogen) atoms. The van der Waals surface area contributed by atoms with Crippen LogP contribution in [-0.4, -0.2) is 57.4 Å². The van der Waals surface area contributed by atoms with E-state index in [0.29, 0.717) is 5.92 Å². The number of anilines is 1. The van der Waals surface area contributed by atoms with Crippen molar-refractivity contribution < 1.29 is 0 Å². The number of hydrogen-bond donors (Lipinski definition) is 0. The highest BCUT2D eigenvalue weighted by Crippen LogP contribution is 2.33. The van der Waals surface area contributed by atoms with Gasteiger partial charge in [0.15, 0.2) is 0 Å². The molecule has 0 radical (unpaired) electrons. The molecule has 2 aliphatic rings. The lowest BCUT2D eigenvalue weighted by Gasteiger charge is -2.22. The summed E-state index contributed by atoms with van der Waals surface area (Å²) in [7, 11) is 2.03. The van der Waals surface area contributed by atoms with E-state index < -0.39 is 0 Å².